The molecule has 5 heteroatoms. The third kappa shape index (κ3) is 2.56. The summed E-state index contributed by atoms with van der Waals surface area (Å²) >= 11 is 0. The summed E-state index contributed by atoms with van der Waals surface area (Å²) in [5, 5.41) is 6.30. The molecule has 18 heavy (non-hydrogen) atoms. The number of nitrogens with one attached hydrogen (secondary N) is 2. The molecule has 1 aromatic rings. The van der Waals surface area contributed by atoms with E-state index in [2.05, 4.69) is 10.6 Å². The molecule has 0 fully saturated rings. The highest BCUT2D eigenvalue weighted by atomic mass is 16.5. The van der Waals surface area contributed by atoms with Crippen LogP contribution in [0.2, 0.25) is 0 Å². The maximum absolute atomic E-state index is 11.9. The zero-order valence-corrected chi connectivity index (χ0v) is 10.8. The second-order valence-electron chi connectivity index (χ2n) is 4.12. The van der Waals surface area contributed by atoms with E-state index in [1.807, 2.05) is 32.2 Å². The van der Waals surface area contributed by atoms with Gasteiger partial charge in [-0.05, 0) is 24.7 Å². The van der Waals surface area contributed by atoms with Crippen LogP contribution in [0.3, 0.4) is 0 Å². The van der Waals surface area contributed by atoms with E-state index < -0.39 is 0 Å². The van der Waals surface area contributed by atoms with Crippen LogP contribution in [0, 0.1) is 0 Å². The van der Waals surface area contributed by atoms with Crippen molar-refractivity contribution in [2.45, 2.75) is 6.92 Å². The standard InChI is InChI=1S/C13H19N3O2/c1-3-15-6-7-16-11-8-10(14-2)4-5-12(11)18-9-13(16)17/h4-5,8,14-15H,3,6-7,9H2,1-2H3. The number of likely N-dealkylation sites (N-methyl/N-ethyl adjacent to an activating group) is 1. The average molecular weight is 249 g/mol. The number of rotatable bonds is 5. The minimum Gasteiger partial charge on any atom is -0.482 e. The van der Waals surface area contributed by atoms with Gasteiger partial charge in [0, 0.05) is 25.8 Å². The second-order valence-corrected chi connectivity index (χ2v) is 4.12. The first kappa shape index (κ1) is 12.7. The second kappa shape index (κ2) is 5.73. The summed E-state index contributed by atoms with van der Waals surface area (Å²) < 4.78 is 5.43. The molecule has 98 valence electrons. The highest BCUT2D eigenvalue weighted by Gasteiger charge is 2.25. The van der Waals surface area contributed by atoms with Gasteiger partial charge in [-0.3, -0.25) is 4.79 Å². The number of ether oxygens (including phenoxy) is 1. The van der Waals surface area contributed by atoms with Gasteiger partial charge in [0.2, 0.25) is 0 Å². The summed E-state index contributed by atoms with van der Waals surface area (Å²) in [6.07, 6.45) is 0. The SMILES string of the molecule is CCNCCN1C(=O)COc2ccc(NC)cc21. The van der Waals surface area contributed by atoms with Crippen LogP contribution in [0.1, 0.15) is 6.92 Å². The Morgan fingerprint density at radius 1 is 1.44 bits per heavy atom. The summed E-state index contributed by atoms with van der Waals surface area (Å²) in [6, 6.07) is 5.78. The Kier molecular flexibility index (Phi) is 4.04. The fourth-order valence-corrected chi connectivity index (χ4v) is 1.97. The van der Waals surface area contributed by atoms with Crippen LogP contribution in [-0.2, 0) is 4.79 Å². The van der Waals surface area contributed by atoms with Crippen LogP contribution in [0.25, 0.3) is 0 Å². The molecule has 0 unspecified atom stereocenters. The molecule has 0 atom stereocenters. The predicted molar refractivity (Wildman–Crippen MR) is 72.4 cm³/mol. The summed E-state index contributed by atoms with van der Waals surface area (Å²) in [5.41, 5.74) is 1.82. The van der Waals surface area contributed by atoms with Crippen molar-refractivity contribution < 1.29 is 9.53 Å². The molecule has 1 heterocycles. The first-order chi connectivity index (χ1) is 8.76. The topological polar surface area (TPSA) is 53.6 Å². The van der Waals surface area contributed by atoms with Gasteiger partial charge in [-0.1, -0.05) is 6.92 Å². The lowest BCUT2D eigenvalue weighted by molar-refractivity contribution is -0.121. The van der Waals surface area contributed by atoms with Crippen molar-refractivity contribution in [3.05, 3.63) is 18.2 Å². The molecule has 1 amide bonds. The van der Waals surface area contributed by atoms with Crippen LogP contribution in [0.5, 0.6) is 5.75 Å². The summed E-state index contributed by atoms with van der Waals surface area (Å²) in [5.74, 6) is 0.777. The molecule has 0 radical (unpaired) electrons. The smallest absolute Gasteiger partial charge is 0.265 e. The van der Waals surface area contributed by atoms with Crippen molar-refractivity contribution in [3.63, 3.8) is 0 Å². The lowest BCUT2D eigenvalue weighted by Gasteiger charge is -2.29. The van der Waals surface area contributed by atoms with E-state index in [9.17, 15) is 4.79 Å². The number of carbonyl (C=O) groups is 1. The Hall–Kier alpha value is -1.75. The van der Waals surface area contributed by atoms with E-state index in [-0.39, 0.29) is 12.5 Å². The molecule has 0 aromatic heterocycles. The fraction of sp³-hybridized carbons (Fsp3) is 0.462. The van der Waals surface area contributed by atoms with Gasteiger partial charge in [-0.25, -0.2) is 0 Å². The number of benzene rings is 1. The number of amides is 1. The molecule has 0 aliphatic carbocycles. The van der Waals surface area contributed by atoms with Crippen LogP contribution in [-0.4, -0.2) is 39.2 Å². The largest absolute Gasteiger partial charge is 0.482 e. The average Bonchev–Trinajstić information content (AvgIpc) is 2.41. The van der Waals surface area contributed by atoms with Crippen molar-refractivity contribution in [3.8, 4) is 5.75 Å². The molecule has 2 N–H and O–H groups in total. The van der Waals surface area contributed by atoms with Crippen molar-refractivity contribution in [2.75, 3.05) is 43.5 Å². The zero-order chi connectivity index (χ0) is 13.0. The molecule has 2 rings (SSSR count). The minimum absolute atomic E-state index is 0.00801. The van der Waals surface area contributed by atoms with Crippen molar-refractivity contribution >= 4 is 17.3 Å². The molecule has 1 aromatic carbocycles. The number of carbonyl (C=O) groups excluding carboxylic acids is 1. The molecular weight excluding hydrogens is 230 g/mol. The Balaban J connectivity index is 2.21. The maximum atomic E-state index is 11.9. The van der Waals surface area contributed by atoms with Gasteiger partial charge in [-0.2, -0.15) is 0 Å². The molecule has 0 bridgehead atoms. The Morgan fingerprint density at radius 2 is 2.28 bits per heavy atom. The van der Waals surface area contributed by atoms with Gasteiger partial charge in [-0.15, -0.1) is 0 Å². The first-order valence-corrected chi connectivity index (χ1v) is 6.22. The third-order valence-corrected chi connectivity index (χ3v) is 2.95. The lowest BCUT2D eigenvalue weighted by Crippen LogP contribution is -2.42. The molecule has 5 nitrogen and oxygen atoms in total. The molecule has 0 saturated heterocycles. The highest BCUT2D eigenvalue weighted by Crippen LogP contribution is 2.34. The van der Waals surface area contributed by atoms with E-state index in [1.165, 1.54) is 0 Å². The summed E-state index contributed by atoms with van der Waals surface area (Å²) in [7, 11) is 1.86. The van der Waals surface area contributed by atoms with Gasteiger partial charge < -0.3 is 20.3 Å². The molecule has 1 aliphatic heterocycles. The fourth-order valence-electron chi connectivity index (χ4n) is 1.97. The third-order valence-electron chi connectivity index (χ3n) is 2.95. The van der Waals surface area contributed by atoms with Gasteiger partial charge in [0.05, 0.1) is 5.69 Å². The van der Waals surface area contributed by atoms with Crippen molar-refractivity contribution in [2.24, 2.45) is 0 Å². The van der Waals surface area contributed by atoms with E-state index in [0.29, 0.717) is 6.54 Å². The van der Waals surface area contributed by atoms with Gasteiger partial charge in [0.15, 0.2) is 6.61 Å². The number of anilines is 2. The van der Waals surface area contributed by atoms with Crippen molar-refractivity contribution in [1.29, 1.82) is 0 Å². The minimum atomic E-state index is 0.00801. The Labute approximate surface area is 107 Å². The Morgan fingerprint density at radius 3 is 3.00 bits per heavy atom. The highest BCUT2D eigenvalue weighted by molar-refractivity contribution is 5.98. The quantitative estimate of drug-likeness (QED) is 0.766. The number of nitrogens with zero attached hydrogens (tertiary/aromatic N) is 1. The van der Waals surface area contributed by atoms with Gasteiger partial charge in [0.25, 0.3) is 5.91 Å². The lowest BCUT2D eigenvalue weighted by atomic mass is 10.2. The van der Waals surface area contributed by atoms with Crippen molar-refractivity contribution in [1.82, 2.24) is 5.32 Å². The Bertz CT molecular complexity index is 434. The molecule has 0 saturated carbocycles. The van der Waals surface area contributed by atoms with Crippen LogP contribution in [0.15, 0.2) is 18.2 Å². The van der Waals surface area contributed by atoms with Gasteiger partial charge in [0.1, 0.15) is 5.75 Å². The first-order valence-electron chi connectivity index (χ1n) is 6.22. The molecule has 1 aliphatic rings. The van der Waals surface area contributed by atoms with Crippen LogP contribution < -0.4 is 20.3 Å². The number of hydrogen-bond donors (Lipinski definition) is 2. The van der Waals surface area contributed by atoms with Gasteiger partial charge >= 0.3 is 0 Å². The normalized spacial score (nSPS) is 14.1. The predicted octanol–water partition coefficient (Wildman–Crippen LogP) is 1.06. The number of fused-ring (bicyclic) bond motifs is 1. The maximum Gasteiger partial charge on any atom is 0.265 e. The molecule has 0 spiro atoms. The van der Waals surface area contributed by atoms with E-state index in [1.54, 1.807) is 4.90 Å². The van der Waals surface area contributed by atoms with E-state index in [4.69, 9.17) is 4.74 Å². The van der Waals surface area contributed by atoms with E-state index in [0.717, 1.165) is 30.2 Å². The summed E-state index contributed by atoms with van der Waals surface area (Å²) in [6.45, 7) is 4.52. The van der Waals surface area contributed by atoms with Crippen LogP contribution in [0.4, 0.5) is 11.4 Å². The summed E-state index contributed by atoms with van der Waals surface area (Å²) in [4.78, 5) is 13.7. The number of hydrogen-bond acceptors (Lipinski definition) is 4. The monoisotopic (exact) mass is 249 g/mol. The molecular formula is C13H19N3O2. The van der Waals surface area contributed by atoms with E-state index >= 15 is 0 Å². The zero-order valence-electron chi connectivity index (χ0n) is 10.8. The van der Waals surface area contributed by atoms with Crippen LogP contribution >= 0.6 is 0 Å².